The van der Waals surface area contributed by atoms with Crippen molar-refractivity contribution in [3.63, 3.8) is 0 Å². The molecule has 1 saturated heterocycles. The van der Waals surface area contributed by atoms with E-state index in [4.69, 9.17) is 14.7 Å². The summed E-state index contributed by atoms with van der Waals surface area (Å²) >= 11 is 0. The molecule has 1 N–H and O–H groups in total. The van der Waals surface area contributed by atoms with Gasteiger partial charge in [-0.05, 0) is 145 Å². The third kappa shape index (κ3) is 5.86. The molecule has 270 valence electrons. The van der Waals surface area contributed by atoms with Crippen LogP contribution in [0.1, 0.15) is 96.1 Å². The summed E-state index contributed by atoms with van der Waals surface area (Å²) in [7, 11) is 0. The van der Waals surface area contributed by atoms with Gasteiger partial charge in [-0.2, -0.15) is 0 Å². The average molecular weight is 698 g/mol. The zero-order valence-corrected chi connectivity index (χ0v) is 32.1. The van der Waals surface area contributed by atoms with E-state index in [-0.39, 0.29) is 11.9 Å². The van der Waals surface area contributed by atoms with Crippen LogP contribution in [0.5, 0.6) is 0 Å². The standard InChI is InChI=1S/C44H51N5O3/c1-27-21-35(45-38(23-27)48-29(3)13-14-30(48)4)18-17-33-11-10-12-34(25-33)37(47-40(50)44-20-19-43(9,41(51)52-44)42(44,7)8)26-36-22-28(2)24-39(46-36)49-31(5)15-16-32(49)6/h10-16,21-25,37H,17-20,26H2,1-9H3,(H,47,50)/t37-,43+,44+/m0/s1. The molecule has 2 aliphatic rings. The molecule has 1 aliphatic heterocycles. The maximum absolute atomic E-state index is 14.5. The smallest absolute Gasteiger partial charge is 0.313 e. The molecule has 8 heteroatoms. The van der Waals surface area contributed by atoms with Crippen LogP contribution < -0.4 is 5.32 Å². The molecule has 2 bridgehead atoms. The van der Waals surface area contributed by atoms with Crippen LogP contribution in [0, 0.1) is 52.4 Å². The average Bonchev–Trinajstić information content (AvgIpc) is 3.72. The van der Waals surface area contributed by atoms with E-state index in [1.165, 1.54) is 5.56 Å². The third-order valence-electron chi connectivity index (χ3n) is 12.2. The van der Waals surface area contributed by atoms with E-state index in [1.54, 1.807) is 0 Å². The molecule has 5 heterocycles. The monoisotopic (exact) mass is 697 g/mol. The van der Waals surface area contributed by atoms with Gasteiger partial charge in [0.15, 0.2) is 5.60 Å². The van der Waals surface area contributed by atoms with Crippen LogP contribution in [0.25, 0.3) is 11.6 Å². The van der Waals surface area contributed by atoms with Gasteiger partial charge in [0.05, 0.1) is 11.5 Å². The maximum atomic E-state index is 14.5. The first kappa shape index (κ1) is 35.4. The Labute approximate surface area is 307 Å². The lowest BCUT2D eigenvalue weighted by Crippen LogP contribution is -2.54. The van der Waals surface area contributed by atoms with E-state index >= 15 is 0 Å². The van der Waals surface area contributed by atoms with Crippen molar-refractivity contribution in [1.29, 1.82) is 0 Å². The summed E-state index contributed by atoms with van der Waals surface area (Å²) in [6.07, 6.45) is 3.18. The predicted molar refractivity (Wildman–Crippen MR) is 204 cm³/mol. The summed E-state index contributed by atoms with van der Waals surface area (Å²) in [5.41, 5.74) is 8.32. The number of aromatic nitrogens is 4. The van der Waals surface area contributed by atoms with Crippen molar-refractivity contribution in [3.05, 3.63) is 129 Å². The highest BCUT2D eigenvalue weighted by Gasteiger charge is 2.75. The third-order valence-corrected chi connectivity index (χ3v) is 12.2. The number of aryl methyl sites for hydroxylation is 8. The topological polar surface area (TPSA) is 91.0 Å². The second-order valence-electron chi connectivity index (χ2n) is 16.0. The summed E-state index contributed by atoms with van der Waals surface area (Å²) < 4.78 is 10.4. The number of fused-ring (bicyclic) bond motifs is 2. The first-order valence-electron chi connectivity index (χ1n) is 18.5. The number of ether oxygens (including phenoxy) is 1. The lowest BCUT2D eigenvalue weighted by Gasteiger charge is -2.36. The van der Waals surface area contributed by atoms with Crippen molar-refractivity contribution in [2.45, 2.75) is 106 Å². The molecule has 1 amide bonds. The summed E-state index contributed by atoms with van der Waals surface area (Å²) in [5, 5.41) is 3.40. The molecule has 0 radical (unpaired) electrons. The molecule has 52 heavy (non-hydrogen) atoms. The number of carbonyl (C=O) groups is 2. The van der Waals surface area contributed by atoms with Crippen LogP contribution >= 0.6 is 0 Å². The van der Waals surface area contributed by atoms with Gasteiger partial charge in [-0.1, -0.05) is 38.1 Å². The Balaban J connectivity index is 1.20. The van der Waals surface area contributed by atoms with Gasteiger partial charge in [-0.25, -0.2) is 9.97 Å². The zero-order chi connectivity index (χ0) is 37.2. The van der Waals surface area contributed by atoms with E-state index < -0.39 is 22.5 Å². The van der Waals surface area contributed by atoms with Gasteiger partial charge in [0.25, 0.3) is 5.91 Å². The van der Waals surface area contributed by atoms with Crippen LogP contribution in [0.3, 0.4) is 0 Å². The Morgan fingerprint density at radius 1 is 0.750 bits per heavy atom. The van der Waals surface area contributed by atoms with Crippen LogP contribution in [0.15, 0.2) is 72.8 Å². The van der Waals surface area contributed by atoms with Gasteiger partial charge < -0.3 is 19.2 Å². The Morgan fingerprint density at radius 3 is 1.85 bits per heavy atom. The highest BCUT2D eigenvalue weighted by molar-refractivity contribution is 5.96. The molecule has 8 nitrogen and oxygen atoms in total. The number of pyridine rings is 2. The van der Waals surface area contributed by atoms with Crippen molar-refractivity contribution in [3.8, 4) is 11.6 Å². The highest BCUT2D eigenvalue weighted by atomic mass is 16.6. The van der Waals surface area contributed by atoms with Gasteiger partial charge in [0, 0.05) is 46.0 Å². The number of esters is 1. The first-order chi connectivity index (χ1) is 24.6. The normalized spacial score (nSPS) is 21.0. The minimum absolute atomic E-state index is 0.237. The fourth-order valence-corrected chi connectivity index (χ4v) is 8.68. The van der Waals surface area contributed by atoms with E-state index in [1.807, 2.05) is 20.8 Å². The number of carbonyl (C=O) groups excluding carboxylic acids is 2. The van der Waals surface area contributed by atoms with Gasteiger partial charge in [0.2, 0.25) is 0 Å². The fraction of sp³-hybridized carbons (Fsp3) is 0.409. The number of rotatable bonds is 10. The highest BCUT2D eigenvalue weighted by Crippen LogP contribution is 2.65. The molecule has 0 unspecified atom stereocenters. The summed E-state index contributed by atoms with van der Waals surface area (Å²) in [6.45, 7) is 18.5. The molecular formula is C44H51N5O3. The maximum Gasteiger partial charge on any atom is 0.313 e. The Kier molecular flexibility index (Phi) is 8.79. The Hall–Kier alpha value is -4.98. The van der Waals surface area contributed by atoms with Crippen molar-refractivity contribution in [2.75, 3.05) is 0 Å². The second kappa shape index (κ2) is 12.9. The number of nitrogens with zero attached hydrogens (tertiary/aromatic N) is 4. The van der Waals surface area contributed by atoms with Crippen LogP contribution in [-0.4, -0.2) is 36.6 Å². The van der Waals surface area contributed by atoms with E-state index in [0.29, 0.717) is 19.3 Å². The zero-order valence-electron chi connectivity index (χ0n) is 32.1. The summed E-state index contributed by atoms with van der Waals surface area (Å²) in [6, 6.07) is 25.0. The van der Waals surface area contributed by atoms with Crippen LogP contribution in [-0.2, 0) is 33.6 Å². The molecule has 5 aromatic rings. The SMILES string of the molecule is Cc1cc(CCc2cccc([C@H](Cc3cc(C)cc(-n4c(C)ccc4C)n3)NC(=O)[C@@]34CC[C@](C)(C(=O)O3)C4(C)C)c2)nc(-n2c(C)ccc2C)c1. The number of benzene rings is 1. The predicted octanol–water partition coefficient (Wildman–Crippen LogP) is 8.22. The largest absolute Gasteiger partial charge is 0.448 e. The molecule has 3 atom stereocenters. The minimum atomic E-state index is -1.22. The van der Waals surface area contributed by atoms with Gasteiger partial charge in [0.1, 0.15) is 11.6 Å². The number of nitrogens with one attached hydrogen (secondary N) is 1. The molecule has 1 saturated carbocycles. The lowest BCUT2D eigenvalue weighted by molar-refractivity contribution is -0.168. The minimum Gasteiger partial charge on any atom is -0.448 e. The molecular weight excluding hydrogens is 647 g/mol. The van der Waals surface area contributed by atoms with E-state index in [9.17, 15) is 9.59 Å². The van der Waals surface area contributed by atoms with Gasteiger partial charge in [-0.3, -0.25) is 9.59 Å². The summed E-state index contributed by atoms with van der Waals surface area (Å²) in [5.74, 6) is 1.29. The molecule has 0 spiro atoms. The van der Waals surface area contributed by atoms with Crippen molar-refractivity contribution < 1.29 is 14.3 Å². The van der Waals surface area contributed by atoms with Crippen molar-refractivity contribution >= 4 is 11.9 Å². The quantitative estimate of drug-likeness (QED) is 0.149. The lowest BCUT2D eigenvalue weighted by atomic mass is 9.66. The molecule has 1 aliphatic carbocycles. The summed E-state index contributed by atoms with van der Waals surface area (Å²) in [4.78, 5) is 37.8. The van der Waals surface area contributed by atoms with Gasteiger partial charge in [-0.15, -0.1) is 0 Å². The molecule has 1 aromatic carbocycles. The molecule has 2 fully saturated rings. The Morgan fingerprint density at radius 2 is 1.31 bits per heavy atom. The van der Waals surface area contributed by atoms with Crippen LogP contribution in [0.2, 0.25) is 0 Å². The first-order valence-corrected chi connectivity index (χ1v) is 18.5. The number of hydrogen-bond acceptors (Lipinski definition) is 5. The van der Waals surface area contributed by atoms with E-state index in [2.05, 4.69) is 129 Å². The van der Waals surface area contributed by atoms with Gasteiger partial charge >= 0.3 is 5.97 Å². The second-order valence-corrected chi connectivity index (χ2v) is 16.0. The number of amides is 1. The Bertz CT molecular complexity index is 2170. The number of hydrogen-bond donors (Lipinski definition) is 1. The van der Waals surface area contributed by atoms with Crippen molar-refractivity contribution in [2.24, 2.45) is 10.8 Å². The fourth-order valence-electron chi connectivity index (χ4n) is 8.68. The molecule has 7 rings (SSSR count). The molecule has 4 aromatic heterocycles. The van der Waals surface area contributed by atoms with E-state index in [0.717, 1.165) is 75.3 Å². The van der Waals surface area contributed by atoms with Crippen molar-refractivity contribution in [1.82, 2.24) is 24.4 Å². The van der Waals surface area contributed by atoms with Crippen LogP contribution in [0.4, 0.5) is 0 Å².